The number of nitrogens with zero attached hydrogens (tertiary/aromatic N) is 1. The number of rotatable bonds is 16. The van der Waals surface area contributed by atoms with Crippen molar-refractivity contribution in [2.24, 2.45) is 0 Å². The zero-order chi connectivity index (χ0) is 30.2. The molecule has 0 aromatic heterocycles. The van der Waals surface area contributed by atoms with Crippen LogP contribution in [-0.2, 0) is 22.5 Å². The molecule has 0 heterocycles. The molecule has 0 fully saturated rings. The Morgan fingerprint density at radius 3 is 1.50 bits per heavy atom. The highest BCUT2D eigenvalue weighted by Crippen LogP contribution is 2.29. The lowest BCUT2D eigenvalue weighted by molar-refractivity contribution is 0.298. The van der Waals surface area contributed by atoms with Gasteiger partial charge in [0.15, 0.2) is 16.6 Å². The monoisotopic (exact) mass is 631 g/mol. The van der Waals surface area contributed by atoms with Gasteiger partial charge in [0.1, 0.15) is 0 Å². The molecule has 0 saturated heterocycles. The standard InChI is InChI=1S/C30H53NO4Si5/c1-12-13-14-15-24-36(2,3)32-38(6,7)34-40(10,11)35-39(8,9)33-37(4,5)26-28-18-22-30(23-19-28)29-20-16-27(25-31)17-21-29/h16-23H,12-15,24,26H2,1-11H3. The Labute approximate surface area is 250 Å². The SMILES string of the molecule is CCCCCC[Si](C)(C)O[Si](C)(C)O[Si](C)(C)O[Si](C)(C)O[Si](C)(C)Cc1ccc(-c2ccc(C#N)cc2)cc1. The first-order valence-corrected chi connectivity index (χ1v) is 29.4. The predicted molar refractivity (Wildman–Crippen MR) is 181 cm³/mol. The maximum Gasteiger partial charge on any atom is 0.314 e. The summed E-state index contributed by atoms with van der Waals surface area (Å²) in [5.74, 6) is 0. The van der Waals surface area contributed by atoms with E-state index in [0.29, 0.717) is 5.56 Å². The van der Waals surface area contributed by atoms with Gasteiger partial charge < -0.3 is 16.5 Å². The van der Waals surface area contributed by atoms with Crippen LogP contribution >= 0.6 is 0 Å². The van der Waals surface area contributed by atoms with E-state index in [1.54, 1.807) is 0 Å². The van der Waals surface area contributed by atoms with E-state index in [1.165, 1.54) is 37.3 Å². The van der Waals surface area contributed by atoms with E-state index in [2.05, 4.69) is 103 Å². The fourth-order valence-corrected chi connectivity index (χ4v) is 30.4. The average Bonchev–Trinajstić information content (AvgIpc) is 2.79. The van der Waals surface area contributed by atoms with E-state index in [4.69, 9.17) is 21.7 Å². The molecule has 0 saturated carbocycles. The van der Waals surface area contributed by atoms with Crippen LogP contribution in [0.25, 0.3) is 11.1 Å². The minimum atomic E-state index is -2.46. The van der Waals surface area contributed by atoms with Crippen LogP contribution in [0.2, 0.25) is 71.5 Å². The Hall–Kier alpha value is -1.15. The van der Waals surface area contributed by atoms with E-state index in [1.807, 2.05) is 24.3 Å². The summed E-state index contributed by atoms with van der Waals surface area (Å²) in [5, 5.41) is 9.05. The number of unbranched alkanes of at least 4 members (excludes halogenated alkanes) is 3. The zero-order valence-corrected chi connectivity index (χ0v) is 31.9. The van der Waals surface area contributed by atoms with Gasteiger partial charge in [-0.05, 0) is 106 Å². The Kier molecular flexibility index (Phi) is 12.6. The Balaban J connectivity index is 1.97. The van der Waals surface area contributed by atoms with Gasteiger partial charge in [0.05, 0.1) is 11.6 Å². The van der Waals surface area contributed by atoms with Crippen molar-refractivity contribution in [1.29, 1.82) is 5.26 Å². The first-order chi connectivity index (χ1) is 18.4. The van der Waals surface area contributed by atoms with Gasteiger partial charge in [0, 0.05) is 0 Å². The van der Waals surface area contributed by atoms with Gasteiger partial charge in [-0.1, -0.05) is 69.0 Å². The molecule has 222 valence electrons. The number of benzene rings is 2. The second kappa shape index (κ2) is 14.4. The van der Waals surface area contributed by atoms with Gasteiger partial charge in [-0.25, -0.2) is 0 Å². The van der Waals surface area contributed by atoms with Crippen LogP contribution in [0.4, 0.5) is 0 Å². The van der Waals surface area contributed by atoms with Gasteiger partial charge >= 0.3 is 25.7 Å². The fourth-order valence-electron chi connectivity index (χ4n) is 5.69. The van der Waals surface area contributed by atoms with Crippen molar-refractivity contribution in [3.63, 3.8) is 0 Å². The van der Waals surface area contributed by atoms with Crippen molar-refractivity contribution in [3.8, 4) is 17.2 Å². The molecule has 5 nitrogen and oxygen atoms in total. The molecule has 0 radical (unpaired) electrons. The highest BCUT2D eigenvalue weighted by atomic mass is 28.5. The fraction of sp³-hybridized carbons (Fsp3) is 0.567. The highest BCUT2D eigenvalue weighted by molar-refractivity contribution is 6.90. The molecule has 40 heavy (non-hydrogen) atoms. The maximum absolute atomic E-state index is 9.05. The lowest BCUT2D eigenvalue weighted by Gasteiger charge is -2.42. The lowest BCUT2D eigenvalue weighted by atomic mass is 10.0. The third-order valence-corrected chi connectivity index (χ3v) is 25.6. The molecule has 0 bridgehead atoms. The minimum Gasteiger partial charge on any atom is -0.436 e. The summed E-state index contributed by atoms with van der Waals surface area (Å²) in [4.78, 5) is 0. The van der Waals surface area contributed by atoms with Crippen molar-refractivity contribution < 1.29 is 16.5 Å². The quantitative estimate of drug-likeness (QED) is 0.136. The lowest BCUT2D eigenvalue weighted by Crippen LogP contribution is -2.58. The molecule has 0 amide bonds. The smallest absolute Gasteiger partial charge is 0.314 e. The predicted octanol–water partition coefficient (Wildman–Crippen LogP) is 9.47. The zero-order valence-electron chi connectivity index (χ0n) is 26.9. The number of hydrogen-bond acceptors (Lipinski definition) is 5. The summed E-state index contributed by atoms with van der Waals surface area (Å²) in [7, 11) is -11.1. The van der Waals surface area contributed by atoms with Crippen molar-refractivity contribution in [1.82, 2.24) is 0 Å². The average molecular weight is 632 g/mol. The number of hydrogen-bond donors (Lipinski definition) is 0. The topological polar surface area (TPSA) is 60.7 Å². The largest absolute Gasteiger partial charge is 0.436 e. The van der Waals surface area contributed by atoms with Crippen LogP contribution in [0, 0.1) is 11.3 Å². The third-order valence-electron chi connectivity index (χ3n) is 6.59. The molecule has 2 aromatic carbocycles. The van der Waals surface area contributed by atoms with E-state index in [-0.39, 0.29) is 0 Å². The van der Waals surface area contributed by atoms with Gasteiger partial charge in [-0.3, -0.25) is 0 Å². The van der Waals surface area contributed by atoms with Crippen LogP contribution in [0.1, 0.15) is 43.7 Å². The van der Waals surface area contributed by atoms with E-state index in [9.17, 15) is 0 Å². The van der Waals surface area contributed by atoms with E-state index >= 15 is 0 Å². The first kappa shape index (κ1) is 35.1. The third kappa shape index (κ3) is 12.8. The molecular weight excluding hydrogens is 579 g/mol. The molecular formula is C30H53NO4Si5. The minimum absolute atomic E-state index is 0.679. The molecule has 10 heteroatoms. The summed E-state index contributed by atoms with van der Waals surface area (Å²) in [6.07, 6.45) is 5.11. The normalized spacial score (nSPS) is 13.3. The van der Waals surface area contributed by atoms with Crippen molar-refractivity contribution in [2.75, 3.05) is 0 Å². The van der Waals surface area contributed by atoms with E-state index < -0.39 is 42.3 Å². The molecule has 0 aliphatic heterocycles. The highest BCUT2D eigenvalue weighted by Gasteiger charge is 2.45. The molecule has 2 rings (SSSR count). The van der Waals surface area contributed by atoms with Crippen molar-refractivity contribution in [2.45, 2.75) is 110 Å². The molecule has 2 aromatic rings. The number of nitriles is 1. The Bertz CT molecular complexity index is 1110. The molecule has 0 aliphatic rings. The van der Waals surface area contributed by atoms with Crippen LogP contribution in [0.5, 0.6) is 0 Å². The summed E-state index contributed by atoms with van der Waals surface area (Å²) >= 11 is 0. The van der Waals surface area contributed by atoms with Gasteiger partial charge in [0.2, 0.25) is 0 Å². The maximum atomic E-state index is 9.05. The van der Waals surface area contributed by atoms with Crippen molar-refractivity contribution in [3.05, 3.63) is 59.7 Å². The molecule has 0 spiro atoms. The summed E-state index contributed by atoms with van der Waals surface area (Å²) in [6, 6.07) is 20.7. The summed E-state index contributed by atoms with van der Waals surface area (Å²) in [5.41, 5.74) is 4.22. The van der Waals surface area contributed by atoms with Crippen molar-refractivity contribution >= 4 is 42.3 Å². The van der Waals surface area contributed by atoms with E-state index in [0.717, 1.165) is 17.2 Å². The second-order valence-electron chi connectivity index (χ2n) is 13.5. The van der Waals surface area contributed by atoms with Crippen LogP contribution in [0.15, 0.2) is 48.5 Å². The summed E-state index contributed by atoms with van der Waals surface area (Å²) in [6.45, 7) is 24.5. The van der Waals surface area contributed by atoms with Crippen LogP contribution < -0.4 is 0 Å². The molecule has 0 aliphatic carbocycles. The molecule has 0 N–H and O–H groups in total. The van der Waals surface area contributed by atoms with Crippen LogP contribution in [0.3, 0.4) is 0 Å². The van der Waals surface area contributed by atoms with Gasteiger partial charge in [0.25, 0.3) is 0 Å². The Morgan fingerprint density at radius 1 is 0.575 bits per heavy atom. The first-order valence-electron chi connectivity index (χ1n) is 14.8. The second-order valence-corrected chi connectivity index (χ2v) is 33.1. The Morgan fingerprint density at radius 2 is 1.02 bits per heavy atom. The van der Waals surface area contributed by atoms with Crippen LogP contribution in [-0.4, -0.2) is 42.3 Å². The summed E-state index contributed by atoms with van der Waals surface area (Å²) < 4.78 is 27.1. The van der Waals surface area contributed by atoms with Gasteiger partial charge in [-0.2, -0.15) is 5.26 Å². The molecule has 0 unspecified atom stereocenters. The molecule has 0 atom stereocenters. The van der Waals surface area contributed by atoms with Gasteiger partial charge in [-0.15, -0.1) is 0 Å².